The standard InChI is InChI=1S/C14H27NO2S/c1-18(16,17)14-10-9-13(11-15-14)12-7-5-3-2-4-6-8-12/h12-15H,2-11H2,1H3/t13-,14?/m1/s1. The van der Waals surface area contributed by atoms with Crippen molar-refractivity contribution in [2.75, 3.05) is 12.8 Å². The van der Waals surface area contributed by atoms with E-state index in [1.54, 1.807) is 0 Å². The fraction of sp³-hybridized carbons (Fsp3) is 1.00. The Balaban J connectivity index is 1.84. The van der Waals surface area contributed by atoms with Gasteiger partial charge in [0.05, 0.1) is 0 Å². The summed E-state index contributed by atoms with van der Waals surface area (Å²) in [4.78, 5) is 0. The van der Waals surface area contributed by atoms with Gasteiger partial charge in [0.1, 0.15) is 5.37 Å². The van der Waals surface area contributed by atoms with Crippen LogP contribution < -0.4 is 5.32 Å². The van der Waals surface area contributed by atoms with Gasteiger partial charge < -0.3 is 5.32 Å². The van der Waals surface area contributed by atoms with Gasteiger partial charge >= 0.3 is 0 Å². The number of rotatable bonds is 2. The summed E-state index contributed by atoms with van der Waals surface area (Å²) < 4.78 is 23.0. The molecule has 1 heterocycles. The molecule has 1 saturated heterocycles. The first-order valence-corrected chi connectivity index (χ1v) is 9.45. The van der Waals surface area contributed by atoms with Gasteiger partial charge in [-0.15, -0.1) is 0 Å². The maximum Gasteiger partial charge on any atom is 0.163 e. The van der Waals surface area contributed by atoms with Crippen molar-refractivity contribution >= 4 is 9.84 Å². The van der Waals surface area contributed by atoms with Gasteiger partial charge in [-0.05, 0) is 31.2 Å². The second-order valence-electron chi connectivity index (χ2n) is 6.17. The van der Waals surface area contributed by atoms with Gasteiger partial charge in [0.25, 0.3) is 0 Å². The van der Waals surface area contributed by atoms with Crippen molar-refractivity contribution in [3.8, 4) is 0 Å². The second-order valence-corrected chi connectivity index (χ2v) is 8.40. The van der Waals surface area contributed by atoms with Crippen LogP contribution in [0, 0.1) is 11.8 Å². The van der Waals surface area contributed by atoms with E-state index in [1.165, 1.54) is 51.2 Å². The zero-order valence-corrected chi connectivity index (χ0v) is 12.3. The van der Waals surface area contributed by atoms with E-state index in [-0.39, 0.29) is 5.37 Å². The fourth-order valence-electron chi connectivity index (χ4n) is 3.58. The third-order valence-electron chi connectivity index (χ3n) is 4.74. The molecule has 106 valence electrons. The lowest BCUT2D eigenvalue weighted by molar-refractivity contribution is 0.213. The molecule has 2 atom stereocenters. The zero-order valence-electron chi connectivity index (χ0n) is 11.5. The average molecular weight is 273 g/mol. The van der Waals surface area contributed by atoms with E-state index in [9.17, 15) is 8.42 Å². The topological polar surface area (TPSA) is 46.2 Å². The van der Waals surface area contributed by atoms with E-state index in [4.69, 9.17) is 0 Å². The second kappa shape index (κ2) is 6.38. The molecular formula is C14H27NO2S. The monoisotopic (exact) mass is 273 g/mol. The van der Waals surface area contributed by atoms with Crippen LogP contribution in [0.15, 0.2) is 0 Å². The smallest absolute Gasteiger partial charge is 0.163 e. The van der Waals surface area contributed by atoms with Crippen LogP contribution in [0.4, 0.5) is 0 Å². The molecular weight excluding hydrogens is 246 g/mol. The normalized spacial score (nSPS) is 32.7. The summed E-state index contributed by atoms with van der Waals surface area (Å²) in [6.07, 6.45) is 12.9. The molecule has 0 radical (unpaired) electrons. The Kier molecular flexibility index (Phi) is 5.07. The summed E-state index contributed by atoms with van der Waals surface area (Å²) in [5, 5.41) is 2.96. The Labute approximate surface area is 112 Å². The molecule has 4 heteroatoms. The van der Waals surface area contributed by atoms with Crippen LogP contribution in [-0.2, 0) is 9.84 Å². The summed E-state index contributed by atoms with van der Waals surface area (Å²) in [6.45, 7) is 0.905. The first kappa shape index (κ1) is 14.3. The lowest BCUT2D eigenvalue weighted by Crippen LogP contribution is -2.45. The highest BCUT2D eigenvalue weighted by Crippen LogP contribution is 2.33. The molecule has 0 amide bonds. The Bertz CT molecular complexity index is 337. The predicted octanol–water partition coefficient (Wildman–Crippen LogP) is 2.72. The van der Waals surface area contributed by atoms with Crippen molar-refractivity contribution in [1.82, 2.24) is 5.32 Å². The minimum atomic E-state index is -2.90. The van der Waals surface area contributed by atoms with Gasteiger partial charge in [-0.1, -0.05) is 44.9 Å². The third-order valence-corrected chi connectivity index (χ3v) is 6.18. The maximum atomic E-state index is 11.5. The highest BCUT2D eigenvalue weighted by molar-refractivity contribution is 7.91. The molecule has 0 bridgehead atoms. The van der Waals surface area contributed by atoms with Crippen molar-refractivity contribution in [2.24, 2.45) is 11.8 Å². The highest BCUT2D eigenvalue weighted by Gasteiger charge is 2.31. The van der Waals surface area contributed by atoms with Crippen LogP contribution in [0.2, 0.25) is 0 Å². The molecule has 2 fully saturated rings. The number of hydrogen-bond acceptors (Lipinski definition) is 3. The van der Waals surface area contributed by atoms with Crippen LogP contribution in [0.3, 0.4) is 0 Å². The van der Waals surface area contributed by atoms with Crippen LogP contribution >= 0.6 is 0 Å². The Hall–Kier alpha value is -0.0900. The average Bonchev–Trinajstić information content (AvgIpc) is 2.27. The van der Waals surface area contributed by atoms with Gasteiger partial charge in [0, 0.05) is 6.26 Å². The quantitative estimate of drug-likeness (QED) is 0.841. The summed E-state index contributed by atoms with van der Waals surface area (Å²) in [5.41, 5.74) is 0. The van der Waals surface area contributed by atoms with Crippen molar-refractivity contribution in [2.45, 2.75) is 63.2 Å². The Morgan fingerprint density at radius 1 is 0.833 bits per heavy atom. The number of sulfone groups is 1. The van der Waals surface area contributed by atoms with Crippen molar-refractivity contribution in [3.63, 3.8) is 0 Å². The van der Waals surface area contributed by atoms with Crippen molar-refractivity contribution in [3.05, 3.63) is 0 Å². The van der Waals surface area contributed by atoms with Gasteiger partial charge in [-0.2, -0.15) is 0 Å². The number of nitrogens with one attached hydrogen (secondary N) is 1. The third kappa shape index (κ3) is 3.95. The first-order valence-electron chi connectivity index (χ1n) is 7.49. The highest BCUT2D eigenvalue weighted by atomic mass is 32.2. The molecule has 1 N–H and O–H groups in total. The number of piperidine rings is 1. The lowest BCUT2D eigenvalue weighted by Gasteiger charge is -2.35. The lowest BCUT2D eigenvalue weighted by atomic mass is 9.78. The predicted molar refractivity (Wildman–Crippen MR) is 75.2 cm³/mol. The van der Waals surface area contributed by atoms with Gasteiger partial charge in [0.2, 0.25) is 0 Å². The summed E-state index contributed by atoms with van der Waals surface area (Å²) in [7, 11) is -2.90. The van der Waals surface area contributed by atoms with Crippen molar-refractivity contribution < 1.29 is 8.42 Å². The molecule has 0 aromatic heterocycles. The SMILES string of the molecule is CS(=O)(=O)C1CC[C@@H](C2CCCCCCC2)CN1. The van der Waals surface area contributed by atoms with Gasteiger partial charge in [-0.25, -0.2) is 8.42 Å². The molecule has 1 unspecified atom stereocenters. The van der Waals surface area contributed by atoms with E-state index in [0.29, 0.717) is 5.92 Å². The molecule has 2 aliphatic rings. The van der Waals surface area contributed by atoms with Gasteiger partial charge in [-0.3, -0.25) is 0 Å². The molecule has 1 aliphatic heterocycles. The van der Waals surface area contributed by atoms with E-state index >= 15 is 0 Å². The zero-order chi connectivity index (χ0) is 13.0. The molecule has 18 heavy (non-hydrogen) atoms. The van der Waals surface area contributed by atoms with E-state index < -0.39 is 9.84 Å². The maximum absolute atomic E-state index is 11.5. The fourth-order valence-corrected chi connectivity index (χ4v) is 4.54. The minimum absolute atomic E-state index is 0.290. The van der Waals surface area contributed by atoms with Crippen LogP contribution in [-0.4, -0.2) is 26.6 Å². The Morgan fingerprint density at radius 2 is 1.44 bits per heavy atom. The Morgan fingerprint density at radius 3 is 1.94 bits per heavy atom. The largest absolute Gasteiger partial charge is 0.301 e. The van der Waals surface area contributed by atoms with Gasteiger partial charge in [0.15, 0.2) is 9.84 Å². The molecule has 1 aliphatic carbocycles. The number of hydrogen-bond donors (Lipinski definition) is 1. The molecule has 1 saturated carbocycles. The summed E-state index contributed by atoms with van der Waals surface area (Å²) in [5.74, 6) is 1.54. The van der Waals surface area contributed by atoms with E-state index in [2.05, 4.69) is 5.32 Å². The molecule has 3 nitrogen and oxygen atoms in total. The molecule has 0 aromatic rings. The first-order chi connectivity index (χ1) is 8.57. The van der Waals surface area contributed by atoms with Crippen LogP contribution in [0.5, 0.6) is 0 Å². The molecule has 0 aromatic carbocycles. The van der Waals surface area contributed by atoms with E-state index in [0.717, 1.165) is 25.3 Å². The van der Waals surface area contributed by atoms with Crippen LogP contribution in [0.1, 0.15) is 57.8 Å². The summed E-state index contributed by atoms with van der Waals surface area (Å²) in [6, 6.07) is 0. The molecule has 0 spiro atoms. The minimum Gasteiger partial charge on any atom is -0.301 e. The van der Waals surface area contributed by atoms with E-state index in [1.807, 2.05) is 0 Å². The van der Waals surface area contributed by atoms with Crippen molar-refractivity contribution in [1.29, 1.82) is 0 Å². The summed E-state index contributed by atoms with van der Waals surface area (Å²) >= 11 is 0. The molecule has 2 rings (SSSR count). The van der Waals surface area contributed by atoms with Crippen LogP contribution in [0.25, 0.3) is 0 Å².